The number of amides is 1. The summed E-state index contributed by atoms with van der Waals surface area (Å²) in [6.45, 7) is 3.07. The van der Waals surface area contributed by atoms with E-state index in [1.165, 1.54) is 0 Å². The molecule has 24 heavy (non-hydrogen) atoms. The van der Waals surface area contributed by atoms with Crippen LogP contribution in [0.4, 0.5) is 13.2 Å². The number of hydrogen-bond acceptors (Lipinski definition) is 4. The third-order valence-electron chi connectivity index (χ3n) is 3.29. The minimum atomic E-state index is -4.42. The first-order valence-corrected chi connectivity index (χ1v) is 7.42. The number of aliphatic imine (C=N–C) groups is 1. The van der Waals surface area contributed by atoms with Crippen molar-refractivity contribution in [3.63, 3.8) is 0 Å². The van der Waals surface area contributed by atoms with E-state index in [9.17, 15) is 18.0 Å². The summed E-state index contributed by atoms with van der Waals surface area (Å²) in [4.78, 5) is 18.1. The molecular formula is C13H25F3IN5O2. The number of hydrogen-bond donors (Lipinski definition) is 2. The van der Waals surface area contributed by atoms with Crippen LogP contribution >= 0.6 is 24.0 Å². The van der Waals surface area contributed by atoms with Crippen LogP contribution in [0.3, 0.4) is 0 Å². The number of ether oxygens (including phenoxy) is 1. The molecule has 1 aliphatic heterocycles. The summed E-state index contributed by atoms with van der Waals surface area (Å²) < 4.78 is 41.7. The Hall–Kier alpha value is -0.820. The predicted octanol–water partition coefficient (Wildman–Crippen LogP) is 0.252. The van der Waals surface area contributed by atoms with E-state index in [0.29, 0.717) is 11.4 Å². The Bertz CT molecular complexity index is 404. The lowest BCUT2D eigenvalue weighted by Gasteiger charge is -2.26. The highest BCUT2D eigenvalue weighted by Crippen LogP contribution is 2.15. The quantitative estimate of drug-likeness (QED) is 0.243. The van der Waals surface area contributed by atoms with Crippen LogP contribution in [0.2, 0.25) is 0 Å². The topological polar surface area (TPSA) is 83.2 Å². The molecule has 0 spiro atoms. The molecule has 0 atom stereocenters. The van der Waals surface area contributed by atoms with Crippen molar-refractivity contribution >= 4 is 35.8 Å². The van der Waals surface area contributed by atoms with Crippen molar-refractivity contribution < 1.29 is 22.7 Å². The number of morpholine rings is 1. The number of carbonyl (C=O) groups excluding carboxylic acids is 1. The molecule has 0 aromatic heterocycles. The fraction of sp³-hybridized carbons (Fsp3) is 0.846. The summed E-state index contributed by atoms with van der Waals surface area (Å²) in [7, 11) is 1.08. The molecule has 0 aromatic carbocycles. The molecule has 1 aliphatic rings. The number of alkyl halides is 3. The maximum Gasteiger partial charge on any atom is 0.406 e. The van der Waals surface area contributed by atoms with E-state index < -0.39 is 25.2 Å². The van der Waals surface area contributed by atoms with Crippen molar-refractivity contribution in [2.24, 2.45) is 10.7 Å². The average Bonchev–Trinajstić information content (AvgIpc) is 2.48. The fourth-order valence-corrected chi connectivity index (χ4v) is 2.03. The van der Waals surface area contributed by atoms with E-state index in [1.54, 1.807) is 0 Å². The van der Waals surface area contributed by atoms with Gasteiger partial charge in [0.05, 0.1) is 13.2 Å². The minimum Gasteiger partial charge on any atom is -0.379 e. The number of nitrogens with two attached hydrogens (primary N) is 1. The van der Waals surface area contributed by atoms with Gasteiger partial charge >= 0.3 is 6.18 Å². The lowest BCUT2D eigenvalue weighted by Crippen LogP contribution is -2.40. The first-order valence-electron chi connectivity index (χ1n) is 7.42. The highest BCUT2D eigenvalue weighted by atomic mass is 127. The molecule has 0 unspecified atom stereocenters. The maximum atomic E-state index is 12.1. The van der Waals surface area contributed by atoms with Crippen molar-refractivity contribution in [1.29, 1.82) is 0 Å². The molecule has 0 radical (unpaired) electrons. The smallest absolute Gasteiger partial charge is 0.379 e. The van der Waals surface area contributed by atoms with Crippen molar-refractivity contribution in [1.82, 2.24) is 15.1 Å². The molecule has 11 heteroatoms. The third-order valence-corrected chi connectivity index (χ3v) is 3.29. The van der Waals surface area contributed by atoms with Crippen molar-refractivity contribution in [3.05, 3.63) is 0 Å². The number of nitrogens with one attached hydrogen (secondary N) is 1. The second kappa shape index (κ2) is 11.7. The Morgan fingerprint density at radius 1 is 1.38 bits per heavy atom. The van der Waals surface area contributed by atoms with Crippen molar-refractivity contribution in [3.8, 4) is 0 Å². The highest BCUT2D eigenvalue weighted by Gasteiger charge is 2.30. The van der Waals surface area contributed by atoms with E-state index in [2.05, 4.69) is 15.2 Å². The minimum absolute atomic E-state index is 0. The zero-order valence-corrected chi connectivity index (χ0v) is 16.0. The van der Waals surface area contributed by atoms with Gasteiger partial charge in [-0.3, -0.25) is 9.69 Å². The summed E-state index contributed by atoms with van der Waals surface area (Å²) in [5.41, 5.74) is 5.58. The Morgan fingerprint density at radius 3 is 2.58 bits per heavy atom. The van der Waals surface area contributed by atoms with Crippen LogP contribution in [0.15, 0.2) is 4.99 Å². The molecule has 1 fully saturated rings. The number of likely N-dealkylation sites (N-methyl/N-ethyl adjacent to an activating group) is 1. The van der Waals surface area contributed by atoms with Gasteiger partial charge in [-0.15, -0.1) is 24.0 Å². The summed E-state index contributed by atoms with van der Waals surface area (Å²) in [6.07, 6.45) is -3.57. The van der Waals surface area contributed by atoms with Crippen molar-refractivity contribution in [2.45, 2.75) is 12.6 Å². The van der Waals surface area contributed by atoms with Gasteiger partial charge in [0.25, 0.3) is 0 Å². The van der Waals surface area contributed by atoms with Gasteiger partial charge < -0.3 is 20.7 Å². The van der Waals surface area contributed by atoms with Gasteiger partial charge in [0.2, 0.25) is 5.91 Å². The molecule has 7 nitrogen and oxygen atoms in total. The van der Waals surface area contributed by atoms with Gasteiger partial charge in [-0.2, -0.15) is 13.2 Å². The van der Waals surface area contributed by atoms with E-state index in [0.717, 1.165) is 46.3 Å². The number of rotatable bonds is 7. The maximum absolute atomic E-state index is 12.1. The Kier molecular flexibility index (Phi) is 11.3. The molecule has 1 amide bonds. The van der Waals surface area contributed by atoms with Gasteiger partial charge in [-0.05, 0) is 13.0 Å². The molecule has 0 aliphatic carbocycles. The molecule has 1 saturated heterocycles. The Labute approximate surface area is 156 Å². The SMILES string of the molecule is CN(CC(F)(F)F)C(=O)CN=C(N)NCCCN1CCOCC1.I. The Morgan fingerprint density at radius 2 is 2.00 bits per heavy atom. The van der Waals surface area contributed by atoms with E-state index in [1.807, 2.05) is 0 Å². The standard InChI is InChI=1S/C13H24F3N5O2.HI/c1-20(10-13(14,15)16)11(22)9-19-12(17)18-3-2-4-21-5-7-23-8-6-21;/h2-10H2,1H3,(H3,17,18,19);1H. The lowest BCUT2D eigenvalue weighted by molar-refractivity contribution is -0.157. The number of halogens is 4. The number of carbonyl (C=O) groups is 1. The summed E-state index contributed by atoms with van der Waals surface area (Å²) >= 11 is 0. The largest absolute Gasteiger partial charge is 0.406 e. The Balaban J connectivity index is 0.00000529. The molecular weight excluding hydrogens is 442 g/mol. The van der Waals surface area contributed by atoms with Crippen LogP contribution < -0.4 is 11.1 Å². The summed E-state index contributed by atoms with van der Waals surface area (Å²) in [5, 5.41) is 2.84. The molecule has 0 saturated carbocycles. The van der Waals surface area contributed by atoms with Crippen LogP contribution in [-0.4, -0.2) is 87.4 Å². The van der Waals surface area contributed by atoms with Crippen LogP contribution in [0.1, 0.15) is 6.42 Å². The van der Waals surface area contributed by atoms with Gasteiger partial charge in [-0.1, -0.05) is 0 Å². The van der Waals surface area contributed by atoms with Gasteiger partial charge in [0.1, 0.15) is 13.1 Å². The van der Waals surface area contributed by atoms with Crippen molar-refractivity contribution in [2.75, 3.05) is 59.5 Å². The monoisotopic (exact) mass is 467 g/mol. The van der Waals surface area contributed by atoms with Gasteiger partial charge in [0.15, 0.2) is 5.96 Å². The molecule has 1 heterocycles. The predicted molar refractivity (Wildman–Crippen MR) is 95.5 cm³/mol. The van der Waals surface area contributed by atoms with Crippen LogP contribution in [0.5, 0.6) is 0 Å². The second-order valence-electron chi connectivity index (χ2n) is 5.30. The zero-order chi connectivity index (χ0) is 17.3. The average molecular weight is 467 g/mol. The second-order valence-corrected chi connectivity index (χ2v) is 5.30. The van der Waals surface area contributed by atoms with Gasteiger partial charge in [0, 0.05) is 26.7 Å². The first kappa shape index (κ1) is 23.2. The fourth-order valence-electron chi connectivity index (χ4n) is 2.03. The first-order chi connectivity index (χ1) is 10.8. The molecule has 0 bridgehead atoms. The third kappa shape index (κ3) is 10.9. The lowest BCUT2D eigenvalue weighted by atomic mass is 10.3. The van der Waals surface area contributed by atoms with Crippen LogP contribution in [0.25, 0.3) is 0 Å². The summed E-state index contributed by atoms with van der Waals surface area (Å²) in [6, 6.07) is 0. The van der Waals surface area contributed by atoms with Crippen LogP contribution in [-0.2, 0) is 9.53 Å². The molecule has 0 aromatic rings. The molecule has 142 valence electrons. The number of guanidine groups is 1. The van der Waals surface area contributed by atoms with Crippen LogP contribution in [0, 0.1) is 0 Å². The van der Waals surface area contributed by atoms with E-state index >= 15 is 0 Å². The zero-order valence-electron chi connectivity index (χ0n) is 13.6. The number of nitrogens with zero attached hydrogens (tertiary/aromatic N) is 3. The molecule has 1 rings (SSSR count). The summed E-state index contributed by atoms with van der Waals surface area (Å²) in [5.74, 6) is -0.680. The molecule has 3 N–H and O–H groups in total. The normalized spacial score (nSPS) is 16.4. The van der Waals surface area contributed by atoms with E-state index in [4.69, 9.17) is 10.5 Å². The van der Waals surface area contributed by atoms with Gasteiger partial charge in [-0.25, -0.2) is 4.99 Å². The highest BCUT2D eigenvalue weighted by molar-refractivity contribution is 14.0. The van der Waals surface area contributed by atoms with E-state index in [-0.39, 0.29) is 29.9 Å².